The van der Waals surface area contributed by atoms with E-state index in [1.165, 1.54) is 11.8 Å². The topological polar surface area (TPSA) is 58.2 Å². The summed E-state index contributed by atoms with van der Waals surface area (Å²) in [6, 6.07) is 15.2. The summed E-state index contributed by atoms with van der Waals surface area (Å²) in [6.07, 6.45) is 1.56. The molecule has 0 fully saturated rings. The Morgan fingerprint density at radius 2 is 2.08 bits per heavy atom. The molecule has 3 rings (SSSR count). The molecular formula is C19H19ClN2O2S. The van der Waals surface area contributed by atoms with Gasteiger partial charge in [0.1, 0.15) is 0 Å². The molecule has 2 aromatic carbocycles. The number of rotatable bonds is 5. The van der Waals surface area contributed by atoms with Gasteiger partial charge in [-0.2, -0.15) is 0 Å². The smallest absolute Gasteiger partial charge is 0.237 e. The predicted molar refractivity (Wildman–Crippen MR) is 103 cm³/mol. The molecule has 1 heterocycles. The van der Waals surface area contributed by atoms with Crippen molar-refractivity contribution in [3.05, 3.63) is 64.7 Å². The lowest BCUT2D eigenvalue weighted by Crippen LogP contribution is -2.29. The number of benzene rings is 2. The van der Waals surface area contributed by atoms with Gasteiger partial charge in [0.05, 0.1) is 11.0 Å². The van der Waals surface area contributed by atoms with Gasteiger partial charge in [-0.1, -0.05) is 41.9 Å². The molecule has 25 heavy (non-hydrogen) atoms. The number of nitrogens with one attached hydrogen (secondary N) is 2. The fourth-order valence-electron chi connectivity index (χ4n) is 2.73. The molecule has 2 amide bonds. The van der Waals surface area contributed by atoms with Gasteiger partial charge in [0.15, 0.2) is 0 Å². The Labute approximate surface area is 156 Å². The number of thioether (sulfide) groups is 1. The maximum atomic E-state index is 12.3. The summed E-state index contributed by atoms with van der Waals surface area (Å²) in [7, 11) is 0. The van der Waals surface area contributed by atoms with Crippen molar-refractivity contribution >= 4 is 40.9 Å². The number of carbonyl (C=O) groups excluding carboxylic acids is 2. The molecule has 1 aliphatic rings. The van der Waals surface area contributed by atoms with Gasteiger partial charge in [-0.05, 0) is 42.2 Å². The van der Waals surface area contributed by atoms with E-state index in [0.29, 0.717) is 11.6 Å². The van der Waals surface area contributed by atoms with Crippen molar-refractivity contribution in [2.24, 2.45) is 0 Å². The average Bonchev–Trinajstić information content (AvgIpc) is 2.76. The summed E-state index contributed by atoms with van der Waals surface area (Å²) >= 11 is 7.32. The molecule has 0 spiro atoms. The minimum atomic E-state index is -0.218. The molecule has 1 aliphatic heterocycles. The van der Waals surface area contributed by atoms with E-state index in [2.05, 4.69) is 10.6 Å². The van der Waals surface area contributed by atoms with Crippen molar-refractivity contribution in [1.82, 2.24) is 5.32 Å². The highest BCUT2D eigenvalue weighted by Gasteiger charge is 2.24. The lowest BCUT2D eigenvalue weighted by molar-refractivity contribution is -0.118. The van der Waals surface area contributed by atoms with Crippen LogP contribution in [0.1, 0.15) is 17.5 Å². The van der Waals surface area contributed by atoms with Crippen LogP contribution in [0.3, 0.4) is 0 Å². The summed E-state index contributed by atoms with van der Waals surface area (Å²) < 4.78 is 0. The van der Waals surface area contributed by atoms with Gasteiger partial charge in [-0.3, -0.25) is 9.59 Å². The summed E-state index contributed by atoms with van der Waals surface area (Å²) in [4.78, 5) is 24.4. The number of hydrogen-bond acceptors (Lipinski definition) is 3. The Morgan fingerprint density at radius 1 is 1.24 bits per heavy atom. The van der Waals surface area contributed by atoms with Crippen LogP contribution in [-0.2, 0) is 22.6 Å². The first-order valence-corrected chi connectivity index (χ1v) is 9.56. The third kappa shape index (κ3) is 5.00. The highest BCUT2D eigenvalue weighted by molar-refractivity contribution is 8.01. The molecule has 0 aliphatic carbocycles. The number of amides is 2. The van der Waals surface area contributed by atoms with E-state index in [1.807, 2.05) is 42.5 Å². The largest absolute Gasteiger partial charge is 0.351 e. The van der Waals surface area contributed by atoms with Crippen LogP contribution in [0.15, 0.2) is 48.5 Å². The number of anilines is 1. The zero-order valence-corrected chi connectivity index (χ0v) is 15.2. The fraction of sp³-hybridized carbons (Fsp3) is 0.263. The molecule has 4 nitrogen and oxygen atoms in total. The van der Waals surface area contributed by atoms with Gasteiger partial charge in [0.2, 0.25) is 11.8 Å². The van der Waals surface area contributed by atoms with E-state index in [0.717, 1.165) is 29.7 Å². The Bertz CT molecular complexity index is 782. The van der Waals surface area contributed by atoms with E-state index < -0.39 is 0 Å². The van der Waals surface area contributed by atoms with E-state index in [1.54, 1.807) is 6.07 Å². The second kappa shape index (κ2) is 8.41. The quantitative estimate of drug-likeness (QED) is 0.840. The van der Waals surface area contributed by atoms with Gasteiger partial charge < -0.3 is 10.6 Å². The highest BCUT2D eigenvalue weighted by Crippen LogP contribution is 2.27. The monoisotopic (exact) mass is 374 g/mol. The molecule has 0 radical (unpaired) electrons. The van der Waals surface area contributed by atoms with Crippen molar-refractivity contribution in [2.45, 2.75) is 24.6 Å². The number of halogens is 1. The van der Waals surface area contributed by atoms with Crippen LogP contribution in [0.5, 0.6) is 0 Å². The molecule has 130 valence electrons. The van der Waals surface area contributed by atoms with E-state index >= 15 is 0 Å². The van der Waals surface area contributed by atoms with Crippen LogP contribution in [-0.4, -0.2) is 22.8 Å². The lowest BCUT2D eigenvalue weighted by Gasteiger charge is -2.13. The van der Waals surface area contributed by atoms with Crippen LogP contribution in [0.25, 0.3) is 0 Å². The Hall–Kier alpha value is -1.98. The standard InChI is InChI=1S/C19H19ClN2O2S/c20-15-6-3-4-13(10-15)11-21-18(23)12-25-17-9-8-14-5-1-2-7-16(14)22-19(17)24/h1-7,10,17H,8-9,11-12H2,(H,21,23)(H,22,24)/t17-/m0/s1. The number of carbonyl (C=O) groups is 2. The van der Waals surface area contributed by atoms with E-state index in [9.17, 15) is 9.59 Å². The normalized spacial score (nSPS) is 16.5. The fourth-order valence-corrected chi connectivity index (χ4v) is 3.89. The summed E-state index contributed by atoms with van der Waals surface area (Å²) in [5, 5.41) is 6.25. The van der Waals surface area contributed by atoms with Gasteiger partial charge >= 0.3 is 0 Å². The first kappa shape index (κ1) is 17.8. The number of fused-ring (bicyclic) bond motifs is 1. The SMILES string of the molecule is O=C(CS[C@H]1CCc2ccccc2NC1=O)NCc1cccc(Cl)c1. The Kier molecular flexibility index (Phi) is 6.00. The van der Waals surface area contributed by atoms with Crippen molar-refractivity contribution in [3.8, 4) is 0 Å². The molecule has 2 N–H and O–H groups in total. The van der Waals surface area contributed by atoms with Crippen molar-refractivity contribution < 1.29 is 9.59 Å². The van der Waals surface area contributed by atoms with Gasteiger partial charge in [0.25, 0.3) is 0 Å². The maximum Gasteiger partial charge on any atom is 0.237 e. The lowest BCUT2D eigenvalue weighted by atomic mass is 10.1. The highest BCUT2D eigenvalue weighted by atomic mass is 35.5. The van der Waals surface area contributed by atoms with E-state index in [4.69, 9.17) is 11.6 Å². The van der Waals surface area contributed by atoms with E-state index in [-0.39, 0.29) is 22.8 Å². The number of para-hydroxylation sites is 1. The van der Waals surface area contributed by atoms with Crippen molar-refractivity contribution in [2.75, 3.05) is 11.1 Å². The minimum absolute atomic E-state index is 0.0300. The molecule has 1 atom stereocenters. The molecule has 2 aromatic rings. The van der Waals surface area contributed by atoms with Crippen LogP contribution < -0.4 is 10.6 Å². The van der Waals surface area contributed by atoms with Crippen LogP contribution in [0.2, 0.25) is 5.02 Å². The van der Waals surface area contributed by atoms with Crippen molar-refractivity contribution in [1.29, 1.82) is 0 Å². The third-order valence-electron chi connectivity index (χ3n) is 4.04. The Morgan fingerprint density at radius 3 is 2.92 bits per heavy atom. The molecule has 6 heteroatoms. The summed E-state index contributed by atoms with van der Waals surface area (Å²) in [6.45, 7) is 0.433. The van der Waals surface area contributed by atoms with Gasteiger partial charge in [-0.15, -0.1) is 11.8 Å². The zero-order valence-electron chi connectivity index (χ0n) is 13.6. The van der Waals surface area contributed by atoms with Crippen LogP contribution in [0.4, 0.5) is 5.69 Å². The second-order valence-electron chi connectivity index (χ2n) is 5.89. The molecular weight excluding hydrogens is 356 g/mol. The minimum Gasteiger partial charge on any atom is -0.351 e. The first-order valence-electron chi connectivity index (χ1n) is 8.13. The average molecular weight is 375 g/mol. The molecule has 0 saturated heterocycles. The predicted octanol–water partition coefficient (Wildman–Crippen LogP) is 3.64. The van der Waals surface area contributed by atoms with Gasteiger partial charge in [0, 0.05) is 17.3 Å². The molecule has 0 bridgehead atoms. The summed E-state index contributed by atoms with van der Waals surface area (Å²) in [5.41, 5.74) is 2.97. The Balaban J connectivity index is 1.48. The second-order valence-corrected chi connectivity index (χ2v) is 7.52. The molecule has 0 aromatic heterocycles. The number of hydrogen-bond donors (Lipinski definition) is 2. The molecule has 0 saturated carbocycles. The zero-order chi connectivity index (χ0) is 17.6. The molecule has 0 unspecified atom stereocenters. The summed E-state index contributed by atoms with van der Waals surface area (Å²) in [5.74, 6) is 0.145. The number of aryl methyl sites for hydroxylation is 1. The van der Waals surface area contributed by atoms with Crippen molar-refractivity contribution in [3.63, 3.8) is 0 Å². The van der Waals surface area contributed by atoms with Gasteiger partial charge in [-0.25, -0.2) is 0 Å². The maximum absolute atomic E-state index is 12.3. The van der Waals surface area contributed by atoms with Crippen LogP contribution >= 0.6 is 23.4 Å². The van der Waals surface area contributed by atoms with Crippen LogP contribution in [0, 0.1) is 0 Å². The first-order chi connectivity index (χ1) is 12.1. The third-order valence-corrected chi connectivity index (χ3v) is 5.55.